The number of hydrogen-bond donors (Lipinski definition) is 2. The van der Waals surface area contributed by atoms with Crippen molar-refractivity contribution >= 4 is 11.8 Å². The van der Waals surface area contributed by atoms with Crippen molar-refractivity contribution in [2.75, 3.05) is 13.1 Å². The summed E-state index contributed by atoms with van der Waals surface area (Å²) in [6, 6.07) is 18.8. The van der Waals surface area contributed by atoms with Crippen LogP contribution in [0.15, 0.2) is 54.6 Å². The van der Waals surface area contributed by atoms with Gasteiger partial charge in [-0.25, -0.2) is 0 Å². The lowest BCUT2D eigenvalue weighted by molar-refractivity contribution is -0.131. The number of likely N-dealkylation sites (tertiary alicyclic amines) is 1. The van der Waals surface area contributed by atoms with Crippen LogP contribution < -0.4 is 10.6 Å². The average Bonchev–Trinajstić information content (AvgIpc) is 3.14. The Kier molecular flexibility index (Phi) is 6.66. The Balaban J connectivity index is 1.73. The van der Waals surface area contributed by atoms with Gasteiger partial charge < -0.3 is 10.6 Å². The largest absolute Gasteiger partial charge is 0.354 e. The zero-order chi connectivity index (χ0) is 22.7. The van der Waals surface area contributed by atoms with Gasteiger partial charge in [0.25, 0.3) is 0 Å². The summed E-state index contributed by atoms with van der Waals surface area (Å²) in [5.41, 5.74) is 3.37. The van der Waals surface area contributed by atoms with Crippen molar-refractivity contribution in [1.82, 2.24) is 15.5 Å². The minimum Gasteiger partial charge on any atom is -0.354 e. The number of carbonyl (C=O) groups is 2. The molecule has 1 aliphatic heterocycles. The van der Waals surface area contributed by atoms with Crippen molar-refractivity contribution in [3.63, 3.8) is 0 Å². The highest BCUT2D eigenvalue weighted by Gasteiger charge is 2.56. The number of aryl methyl sites for hydroxylation is 1. The third kappa shape index (κ3) is 4.44. The molecule has 0 bridgehead atoms. The lowest BCUT2D eigenvalue weighted by Crippen LogP contribution is -2.52. The van der Waals surface area contributed by atoms with Crippen LogP contribution >= 0.6 is 0 Å². The standard InChI is InChI=1S/C27H35N3O2/c1-4-24(31)29-25-22-13-9-8-12-21(22)14-15-27(25)18-30(16-20-10-6-5-7-11-20)17-23(27)26(32)28-19(2)3/h5-13,19,23,25H,4,14-18H2,1-3H3,(H,28,32)(H,29,31)/t23-,25+,27-/m1/s1. The average molecular weight is 434 g/mol. The summed E-state index contributed by atoms with van der Waals surface area (Å²) < 4.78 is 0. The molecule has 1 saturated heterocycles. The van der Waals surface area contributed by atoms with Crippen LogP contribution in [0, 0.1) is 11.3 Å². The van der Waals surface area contributed by atoms with Crippen LogP contribution in [0.25, 0.3) is 0 Å². The van der Waals surface area contributed by atoms with Crippen molar-refractivity contribution in [3.05, 3.63) is 71.3 Å². The fourth-order valence-corrected chi connectivity index (χ4v) is 5.62. The van der Waals surface area contributed by atoms with E-state index in [9.17, 15) is 9.59 Å². The second-order valence-electron chi connectivity index (χ2n) is 9.66. The molecule has 0 saturated carbocycles. The fourth-order valence-electron chi connectivity index (χ4n) is 5.62. The number of nitrogens with zero attached hydrogens (tertiary/aromatic N) is 1. The molecule has 2 aromatic rings. The molecular formula is C27H35N3O2. The molecule has 2 aliphatic rings. The molecule has 1 aliphatic carbocycles. The van der Waals surface area contributed by atoms with Crippen molar-refractivity contribution in [1.29, 1.82) is 0 Å². The van der Waals surface area contributed by atoms with Gasteiger partial charge in [-0.2, -0.15) is 0 Å². The van der Waals surface area contributed by atoms with E-state index >= 15 is 0 Å². The summed E-state index contributed by atoms with van der Waals surface area (Å²) in [4.78, 5) is 28.5. The summed E-state index contributed by atoms with van der Waals surface area (Å²) >= 11 is 0. The third-order valence-electron chi connectivity index (χ3n) is 7.08. The number of nitrogens with one attached hydrogen (secondary N) is 2. The molecule has 3 atom stereocenters. The molecule has 1 fully saturated rings. The molecular weight excluding hydrogens is 398 g/mol. The van der Waals surface area contributed by atoms with E-state index in [4.69, 9.17) is 0 Å². The van der Waals surface area contributed by atoms with Gasteiger partial charge in [-0.15, -0.1) is 0 Å². The van der Waals surface area contributed by atoms with E-state index in [1.807, 2.05) is 32.9 Å². The lowest BCUT2D eigenvalue weighted by atomic mass is 9.62. The highest BCUT2D eigenvalue weighted by Crippen LogP contribution is 2.53. The summed E-state index contributed by atoms with van der Waals surface area (Å²) in [5, 5.41) is 6.51. The Morgan fingerprint density at radius 2 is 1.81 bits per heavy atom. The minimum atomic E-state index is -0.326. The Bertz CT molecular complexity index is 958. The predicted molar refractivity (Wildman–Crippen MR) is 127 cm³/mol. The number of benzene rings is 2. The molecule has 1 spiro atoms. The molecule has 32 heavy (non-hydrogen) atoms. The molecule has 1 heterocycles. The van der Waals surface area contributed by atoms with E-state index in [0.29, 0.717) is 13.0 Å². The van der Waals surface area contributed by atoms with Gasteiger partial charge in [-0.1, -0.05) is 61.5 Å². The van der Waals surface area contributed by atoms with E-state index in [0.717, 1.165) is 25.9 Å². The second-order valence-corrected chi connectivity index (χ2v) is 9.66. The summed E-state index contributed by atoms with van der Waals surface area (Å²) in [6.45, 7) is 8.21. The van der Waals surface area contributed by atoms with Crippen LogP contribution in [-0.2, 0) is 22.6 Å². The maximum absolute atomic E-state index is 13.5. The zero-order valence-electron chi connectivity index (χ0n) is 19.4. The second kappa shape index (κ2) is 9.45. The van der Waals surface area contributed by atoms with Crippen molar-refractivity contribution in [2.24, 2.45) is 11.3 Å². The van der Waals surface area contributed by atoms with Gasteiger partial charge in [-0.05, 0) is 43.4 Å². The maximum atomic E-state index is 13.5. The Morgan fingerprint density at radius 1 is 1.09 bits per heavy atom. The van der Waals surface area contributed by atoms with Crippen LogP contribution in [0.5, 0.6) is 0 Å². The first kappa shape index (κ1) is 22.5. The van der Waals surface area contributed by atoms with Crippen LogP contribution in [0.4, 0.5) is 0 Å². The first-order valence-electron chi connectivity index (χ1n) is 11.9. The monoisotopic (exact) mass is 433 g/mol. The highest BCUT2D eigenvalue weighted by atomic mass is 16.2. The molecule has 5 nitrogen and oxygen atoms in total. The quantitative estimate of drug-likeness (QED) is 0.728. The SMILES string of the molecule is CCC(=O)N[C@H]1c2ccccc2CC[C@]12CN(Cc1ccccc1)C[C@@H]2C(=O)NC(C)C. The van der Waals surface area contributed by atoms with Crippen LogP contribution in [0.2, 0.25) is 0 Å². The van der Waals surface area contributed by atoms with Gasteiger partial charge in [0, 0.05) is 37.5 Å². The normalized spacial score (nSPS) is 25.0. The Morgan fingerprint density at radius 3 is 2.53 bits per heavy atom. The number of rotatable bonds is 6. The number of fused-ring (bicyclic) bond motifs is 1. The summed E-state index contributed by atoms with van der Waals surface area (Å²) in [6.07, 6.45) is 2.25. The van der Waals surface area contributed by atoms with Crippen LogP contribution in [-0.4, -0.2) is 35.8 Å². The fraction of sp³-hybridized carbons (Fsp3) is 0.481. The van der Waals surface area contributed by atoms with E-state index in [2.05, 4.69) is 58.0 Å². The smallest absolute Gasteiger partial charge is 0.225 e. The van der Waals surface area contributed by atoms with Gasteiger partial charge in [-0.3, -0.25) is 14.5 Å². The maximum Gasteiger partial charge on any atom is 0.225 e. The van der Waals surface area contributed by atoms with Crippen molar-refractivity contribution < 1.29 is 9.59 Å². The molecule has 4 rings (SSSR count). The van der Waals surface area contributed by atoms with Gasteiger partial charge in [0.1, 0.15) is 0 Å². The van der Waals surface area contributed by atoms with Gasteiger partial charge >= 0.3 is 0 Å². The Hall–Kier alpha value is -2.66. The van der Waals surface area contributed by atoms with Gasteiger partial charge in [0.15, 0.2) is 0 Å². The third-order valence-corrected chi connectivity index (χ3v) is 7.08. The molecule has 2 N–H and O–H groups in total. The van der Waals surface area contributed by atoms with Crippen molar-refractivity contribution in [2.45, 2.75) is 58.7 Å². The van der Waals surface area contributed by atoms with E-state index in [1.54, 1.807) is 0 Å². The van der Waals surface area contributed by atoms with E-state index in [1.165, 1.54) is 16.7 Å². The van der Waals surface area contributed by atoms with Crippen LogP contribution in [0.3, 0.4) is 0 Å². The Labute approximate surface area is 191 Å². The molecule has 170 valence electrons. The molecule has 5 heteroatoms. The number of hydrogen-bond acceptors (Lipinski definition) is 3. The lowest BCUT2D eigenvalue weighted by Gasteiger charge is -2.46. The number of carbonyl (C=O) groups excluding carboxylic acids is 2. The highest BCUT2D eigenvalue weighted by molar-refractivity contribution is 5.81. The molecule has 0 unspecified atom stereocenters. The van der Waals surface area contributed by atoms with Crippen molar-refractivity contribution in [3.8, 4) is 0 Å². The van der Waals surface area contributed by atoms with Gasteiger partial charge in [0.2, 0.25) is 11.8 Å². The van der Waals surface area contributed by atoms with E-state index < -0.39 is 0 Å². The molecule has 0 aromatic heterocycles. The zero-order valence-corrected chi connectivity index (χ0v) is 19.4. The number of amides is 2. The predicted octanol–water partition coefficient (Wildman–Crippen LogP) is 3.84. The molecule has 2 amide bonds. The van der Waals surface area contributed by atoms with Crippen LogP contribution in [0.1, 0.15) is 56.3 Å². The topological polar surface area (TPSA) is 61.4 Å². The first-order valence-corrected chi connectivity index (χ1v) is 11.9. The molecule has 0 radical (unpaired) electrons. The first-order chi connectivity index (χ1) is 15.4. The summed E-state index contributed by atoms with van der Waals surface area (Å²) in [7, 11) is 0. The summed E-state index contributed by atoms with van der Waals surface area (Å²) in [5.74, 6) is -0.0366. The van der Waals surface area contributed by atoms with E-state index in [-0.39, 0.29) is 35.2 Å². The van der Waals surface area contributed by atoms with Gasteiger partial charge in [0.05, 0.1) is 12.0 Å². The minimum absolute atomic E-state index is 0.0376. The molecule has 2 aromatic carbocycles.